The van der Waals surface area contributed by atoms with Crippen LogP contribution < -0.4 is 0 Å². The third-order valence-electron chi connectivity index (χ3n) is 2.14. The third kappa shape index (κ3) is 1.36. The summed E-state index contributed by atoms with van der Waals surface area (Å²) in [4.78, 5) is 21.5. The standard InChI is InChI=1S/C9H12NO2/c1-2-10(7-4-8-11)6-3-5-9(10)12/h2,4,7-8H,1,3,5-6H2/q+1. The number of amides is 1. The first-order valence-corrected chi connectivity index (χ1v) is 3.92. The van der Waals surface area contributed by atoms with Crippen molar-refractivity contribution >= 4 is 12.2 Å². The maximum Gasteiger partial charge on any atom is 0.323 e. The average Bonchev–Trinajstić information content (AvgIpc) is 2.45. The van der Waals surface area contributed by atoms with E-state index in [9.17, 15) is 9.59 Å². The van der Waals surface area contributed by atoms with Crippen LogP contribution in [0.1, 0.15) is 12.8 Å². The van der Waals surface area contributed by atoms with Gasteiger partial charge in [0, 0.05) is 12.5 Å². The second-order valence-electron chi connectivity index (χ2n) is 2.81. The van der Waals surface area contributed by atoms with Crippen molar-refractivity contribution in [2.45, 2.75) is 12.8 Å². The normalized spacial score (nSPS) is 29.5. The zero-order chi connectivity index (χ0) is 9.03. The minimum Gasteiger partial charge on any atom is -0.298 e. The van der Waals surface area contributed by atoms with Gasteiger partial charge in [0.15, 0.2) is 0 Å². The molecule has 3 heteroatoms. The molecule has 0 radical (unpaired) electrons. The highest BCUT2D eigenvalue weighted by molar-refractivity contribution is 5.73. The lowest BCUT2D eigenvalue weighted by molar-refractivity contribution is -0.738. The molecule has 1 saturated heterocycles. The number of hydrogen-bond donors (Lipinski definition) is 0. The summed E-state index contributed by atoms with van der Waals surface area (Å²) >= 11 is 0. The van der Waals surface area contributed by atoms with Crippen LogP contribution in [-0.2, 0) is 9.59 Å². The van der Waals surface area contributed by atoms with Crippen LogP contribution in [0, 0.1) is 0 Å². The van der Waals surface area contributed by atoms with Gasteiger partial charge in [-0.05, 0) is 6.58 Å². The van der Waals surface area contributed by atoms with E-state index in [0.717, 1.165) is 13.0 Å². The van der Waals surface area contributed by atoms with Gasteiger partial charge in [-0.15, -0.1) is 0 Å². The number of quaternary nitrogens is 1. The summed E-state index contributed by atoms with van der Waals surface area (Å²) < 4.78 is 0.124. The highest BCUT2D eigenvalue weighted by atomic mass is 16.2. The minimum atomic E-state index is 0.114. The van der Waals surface area contributed by atoms with E-state index in [2.05, 4.69) is 6.58 Å². The summed E-state index contributed by atoms with van der Waals surface area (Å²) in [7, 11) is 0. The maximum atomic E-state index is 11.4. The van der Waals surface area contributed by atoms with Crippen molar-refractivity contribution in [3.05, 3.63) is 25.1 Å². The molecule has 0 N–H and O–H groups in total. The summed E-state index contributed by atoms with van der Waals surface area (Å²) in [5.74, 6) is 0.114. The van der Waals surface area contributed by atoms with Gasteiger partial charge in [0.25, 0.3) is 0 Å². The van der Waals surface area contributed by atoms with Crippen molar-refractivity contribution < 1.29 is 14.1 Å². The first-order valence-electron chi connectivity index (χ1n) is 3.92. The van der Waals surface area contributed by atoms with Gasteiger partial charge in [0.1, 0.15) is 18.7 Å². The van der Waals surface area contributed by atoms with E-state index in [4.69, 9.17) is 0 Å². The second kappa shape index (κ2) is 3.45. The molecule has 1 aliphatic heterocycles. The first-order chi connectivity index (χ1) is 5.75. The number of rotatable bonds is 3. The SMILES string of the molecule is C=C[N+]1(C=CC=O)CCCC1=O. The van der Waals surface area contributed by atoms with Crippen molar-refractivity contribution in [3.8, 4) is 0 Å². The molecular weight excluding hydrogens is 154 g/mol. The van der Waals surface area contributed by atoms with Crippen LogP contribution >= 0.6 is 0 Å². The average molecular weight is 166 g/mol. The van der Waals surface area contributed by atoms with Crippen LogP contribution in [0.15, 0.2) is 25.1 Å². The van der Waals surface area contributed by atoms with E-state index in [-0.39, 0.29) is 10.4 Å². The van der Waals surface area contributed by atoms with Crippen LogP contribution in [0.5, 0.6) is 0 Å². The van der Waals surface area contributed by atoms with Gasteiger partial charge in [0.2, 0.25) is 0 Å². The Bertz CT molecular complexity index is 245. The van der Waals surface area contributed by atoms with Crippen LogP contribution in [0.25, 0.3) is 0 Å². The fourth-order valence-electron chi connectivity index (χ4n) is 1.43. The Morgan fingerprint density at radius 3 is 2.67 bits per heavy atom. The number of allylic oxidation sites excluding steroid dienone is 1. The number of carbonyl (C=O) groups excluding carboxylic acids is 2. The molecule has 3 nitrogen and oxygen atoms in total. The highest BCUT2D eigenvalue weighted by Gasteiger charge is 2.36. The van der Waals surface area contributed by atoms with E-state index in [1.54, 1.807) is 12.4 Å². The Morgan fingerprint density at radius 1 is 1.50 bits per heavy atom. The van der Waals surface area contributed by atoms with Crippen molar-refractivity contribution in [1.29, 1.82) is 0 Å². The molecule has 0 aromatic carbocycles. The molecule has 0 aromatic rings. The molecule has 0 saturated carbocycles. The third-order valence-corrected chi connectivity index (χ3v) is 2.14. The lowest BCUT2D eigenvalue weighted by Gasteiger charge is -2.20. The van der Waals surface area contributed by atoms with Crippen molar-refractivity contribution in [2.75, 3.05) is 6.54 Å². The molecule has 0 aliphatic carbocycles. The molecule has 64 valence electrons. The molecule has 1 amide bonds. The molecule has 1 atom stereocenters. The maximum absolute atomic E-state index is 11.4. The Balaban J connectivity index is 2.88. The molecule has 0 spiro atoms. The van der Waals surface area contributed by atoms with Gasteiger partial charge in [-0.25, -0.2) is 9.28 Å². The van der Waals surface area contributed by atoms with Crippen molar-refractivity contribution in [2.24, 2.45) is 0 Å². The minimum absolute atomic E-state index is 0.114. The Kier molecular flexibility index (Phi) is 2.55. The van der Waals surface area contributed by atoms with E-state index < -0.39 is 0 Å². The summed E-state index contributed by atoms with van der Waals surface area (Å²) in [6.07, 6.45) is 6.65. The van der Waals surface area contributed by atoms with Gasteiger partial charge >= 0.3 is 5.91 Å². The molecule has 0 aromatic heterocycles. The van der Waals surface area contributed by atoms with Gasteiger partial charge in [-0.3, -0.25) is 4.79 Å². The molecule has 1 aliphatic rings. The summed E-state index contributed by atoms with van der Waals surface area (Å²) in [5.41, 5.74) is 0. The Hall–Kier alpha value is -1.22. The van der Waals surface area contributed by atoms with Crippen LogP contribution in [0.3, 0.4) is 0 Å². The van der Waals surface area contributed by atoms with Gasteiger partial charge in [0.05, 0.1) is 13.0 Å². The summed E-state index contributed by atoms with van der Waals surface area (Å²) in [6.45, 7) is 4.33. The monoisotopic (exact) mass is 166 g/mol. The van der Waals surface area contributed by atoms with E-state index >= 15 is 0 Å². The molecule has 1 heterocycles. The Labute approximate surface area is 71.6 Å². The molecular formula is C9H12NO2+. The zero-order valence-electron chi connectivity index (χ0n) is 6.90. The molecule has 0 bridgehead atoms. The zero-order valence-corrected chi connectivity index (χ0v) is 6.90. The first kappa shape index (κ1) is 8.87. The molecule has 1 fully saturated rings. The molecule has 1 rings (SSSR count). The van der Waals surface area contributed by atoms with Crippen LogP contribution in [0.4, 0.5) is 0 Å². The van der Waals surface area contributed by atoms with Crippen molar-refractivity contribution in [3.63, 3.8) is 0 Å². The predicted octanol–water partition coefficient (Wildman–Crippen LogP) is 0.980. The topological polar surface area (TPSA) is 34.1 Å². The summed E-state index contributed by atoms with van der Waals surface area (Å²) in [5, 5.41) is 0. The number of carbonyl (C=O) groups is 2. The second-order valence-corrected chi connectivity index (χ2v) is 2.81. The lowest BCUT2D eigenvalue weighted by Crippen LogP contribution is -2.37. The fourth-order valence-corrected chi connectivity index (χ4v) is 1.43. The van der Waals surface area contributed by atoms with Gasteiger partial charge < -0.3 is 0 Å². The summed E-state index contributed by atoms with van der Waals surface area (Å²) in [6, 6.07) is 0. The molecule has 12 heavy (non-hydrogen) atoms. The smallest absolute Gasteiger partial charge is 0.298 e. The van der Waals surface area contributed by atoms with E-state index in [1.165, 1.54) is 6.08 Å². The largest absolute Gasteiger partial charge is 0.323 e. The van der Waals surface area contributed by atoms with Crippen molar-refractivity contribution in [1.82, 2.24) is 0 Å². The number of hydrogen-bond acceptors (Lipinski definition) is 2. The fraction of sp³-hybridized carbons (Fsp3) is 0.333. The number of likely N-dealkylation sites (tertiary alicyclic amines) is 1. The highest BCUT2D eigenvalue weighted by Crippen LogP contribution is 2.22. The lowest BCUT2D eigenvalue weighted by atomic mass is 10.4. The van der Waals surface area contributed by atoms with Gasteiger partial charge in [-0.2, -0.15) is 0 Å². The molecule has 1 unspecified atom stereocenters. The quantitative estimate of drug-likeness (QED) is 0.356. The van der Waals surface area contributed by atoms with E-state index in [0.29, 0.717) is 12.7 Å². The number of nitrogens with zero attached hydrogens (tertiary/aromatic N) is 1. The number of aldehydes is 1. The predicted molar refractivity (Wildman–Crippen MR) is 44.8 cm³/mol. The Morgan fingerprint density at radius 2 is 2.25 bits per heavy atom. The van der Waals surface area contributed by atoms with E-state index in [1.807, 2.05) is 0 Å². The van der Waals surface area contributed by atoms with Crippen LogP contribution in [0.2, 0.25) is 0 Å². The van der Waals surface area contributed by atoms with Crippen LogP contribution in [-0.4, -0.2) is 23.2 Å². The van der Waals surface area contributed by atoms with Gasteiger partial charge in [-0.1, -0.05) is 0 Å².